The summed E-state index contributed by atoms with van der Waals surface area (Å²) in [6, 6.07) is 24.4. The van der Waals surface area contributed by atoms with Crippen molar-refractivity contribution in [3.8, 4) is 28.8 Å². The zero-order chi connectivity index (χ0) is 30.8. The molecule has 0 unspecified atom stereocenters. The summed E-state index contributed by atoms with van der Waals surface area (Å²) in [4.78, 5) is 18.6. The van der Waals surface area contributed by atoms with Gasteiger partial charge in [-0.05, 0) is 87.7 Å². The van der Waals surface area contributed by atoms with Gasteiger partial charge >= 0.3 is 0 Å². The summed E-state index contributed by atoms with van der Waals surface area (Å²) in [6.07, 6.45) is 1.58. The normalized spacial score (nSPS) is 11.5. The third-order valence-electron chi connectivity index (χ3n) is 6.99. The average Bonchev–Trinajstić information content (AvgIpc) is 3.48. The first-order valence-corrected chi connectivity index (χ1v) is 15.4. The Hall–Kier alpha value is -4.41. The van der Waals surface area contributed by atoms with Crippen LogP contribution in [0, 0.1) is 6.92 Å². The molecule has 6 rings (SSSR count). The number of halogens is 2. The molecule has 2 aromatic heterocycles. The number of benzene rings is 4. The first kappa shape index (κ1) is 29.7. The van der Waals surface area contributed by atoms with Crippen LogP contribution in [0.2, 0.25) is 0 Å². The SMILES string of the molecule is CCOc1cc(C=Nn2c(-c3cc4c(OC)cccc4o3)nc3ccccc3c2=O)c(Br)c(Br)c1OCc1ccc(C)cc1. The number of furan rings is 1. The highest BCUT2D eigenvalue weighted by Crippen LogP contribution is 2.43. The van der Waals surface area contributed by atoms with E-state index in [1.807, 2.05) is 68.4 Å². The van der Waals surface area contributed by atoms with Crippen molar-refractivity contribution in [3.63, 3.8) is 0 Å². The molecule has 10 heteroatoms. The molecule has 0 fully saturated rings. The number of fused-ring (bicyclic) bond motifs is 2. The van der Waals surface area contributed by atoms with Crippen LogP contribution in [0.3, 0.4) is 0 Å². The number of para-hydroxylation sites is 1. The molecule has 0 spiro atoms. The maximum absolute atomic E-state index is 13.8. The predicted octanol–water partition coefficient (Wildman–Crippen LogP) is 8.51. The number of nitrogens with zero attached hydrogens (tertiary/aromatic N) is 3. The molecule has 4 aromatic carbocycles. The van der Waals surface area contributed by atoms with Crippen molar-refractivity contribution < 1.29 is 18.6 Å². The van der Waals surface area contributed by atoms with Gasteiger partial charge in [-0.25, -0.2) is 4.98 Å². The van der Waals surface area contributed by atoms with E-state index < -0.39 is 0 Å². The quantitative estimate of drug-likeness (QED) is 0.140. The van der Waals surface area contributed by atoms with Gasteiger partial charge in [0, 0.05) is 10.0 Å². The van der Waals surface area contributed by atoms with E-state index in [1.165, 1.54) is 10.2 Å². The maximum Gasteiger partial charge on any atom is 0.282 e. The van der Waals surface area contributed by atoms with Gasteiger partial charge in [-0.2, -0.15) is 9.78 Å². The molecule has 8 nitrogen and oxygen atoms in total. The molecule has 0 amide bonds. The summed E-state index contributed by atoms with van der Waals surface area (Å²) < 4.78 is 26.4. The fourth-order valence-electron chi connectivity index (χ4n) is 4.77. The Kier molecular flexibility index (Phi) is 8.54. The number of aryl methyl sites for hydroxylation is 1. The highest BCUT2D eigenvalue weighted by atomic mass is 79.9. The van der Waals surface area contributed by atoms with Crippen LogP contribution in [-0.2, 0) is 6.61 Å². The van der Waals surface area contributed by atoms with Gasteiger partial charge in [0.2, 0.25) is 5.82 Å². The molecule has 222 valence electrons. The molecule has 44 heavy (non-hydrogen) atoms. The second-order valence-corrected chi connectivity index (χ2v) is 11.5. The monoisotopic (exact) mass is 715 g/mol. The van der Waals surface area contributed by atoms with Crippen molar-refractivity contribution >= 4 is 59.9 Å². The summed E-state index contributed by atoms with van der Waals surface area (Å²) in [5.41, 5.74) is 3.66. The van der Waals surface area contributed by atoms with E-state index in [0.29, 0.717) is 67.2 Å². The summed E-state index contributed by atoms with van der Waals surface area (Å²) in [5, 5.41) is 5.82. The van der Waals surface area contributed by atoms with E-state index >= 15 is 0 Å². The number of hydrogen-bond donors (Lipinski definition) is 0. The topological polar surface area (TPSA) is 88.1 Å². The van der Waals surface area contributed by atoms with Crippen LogP contribution >= 0.6 is 31.9 Å². The van der Waals surface area contributed by atoms with Crippen molar-refractivity contribution in [3.05, 3.63) is 115 Å². The average molecular weight is 717 g/mol. The minimum atomic E-state index is -0.340. The van der Waals surface area contributed by atoms with E-state index in [1.54, 1.807) is 37.6 Å². The Morgan fingerprint density at radius 2 is 1.73 bits per heavy atom. The van der Waals surface area contributed by atoms with Crippen LogP contribution in [0.1, 0.15) is 23.6 Å². The molecule has 0 radical (unpaired) electrons. The van der Waals surface area contributed by atoms with Gasteiger partial charge in [-0.15, -0.1) is 0 Å². The van der Waals surface area contributed by atoms with Crippen LogP contribution in [0.15, 0.2) is 102 Å². The van der Waals surface area contributed by atoms with Crippen molar-refractivity contribution in [2.24, 2.45) is 5.10 Å². The Morgan fingerprint density at radius 1 is 0.932 bits per heavy atom. The standard InChI is InChI=1S/C34H27Br2N3O5/c1-4-42-28-16-22(30(35)31(36)32(28)43-19-21-14-12-20(2)13-15-21)18-37-39-33(38-25-9-6-5-8-23(25)34(39)40)29-17-24-26(41-3)10-7-11-27(24)44-29/h5-18H,4,19H2,1-3H3. The lowest BCUT2D eigenvalue weighted by atomic mass is 10.1. The highest BCUT2D eigenvalue weighted by molar-refractivity contribution is 9.13. The lowest BCUT2D eigenvalue weighted by Crippen LogP contribution is -2.20. The molecular formula is C34H27Br2N3O5. The van der Waals surface area contributed by atoms with Gasteiger partial charge in [0.1, 0.15) is 17.9 Å². The Morgan fingerprint density at radius 3 is 2.50 bits per heavy atom. The summed E-state index contributed by atoms with van der Waals surface area (Å²) in [7, 11) is 1.60. The number of aromatic nitrogens is 2. The number of methoxy groups -OCH3 is 1. The predicted molar refractivity (Wildman–Crippen MR) is 179 cm³/mol. The highest BCUT2D eigenvalue weighted by Gasteiger charge is 2.20. The van der Waals surface area contributed by atoms with Crippen LogP contribution in [0.5, 0.6) is 17.2 Å². The fraction of sp³-hybridized carbons (Fsp3) is 0.147. The lowest BCUT2D eigenvalue weighted by Gasteiger charge is -2.16. The molecule has 2 heterocycles. The van der Waals surface area contributed by atoms with E-state index in [4.69, 9.17) is 23.6 Å². The fourth-order valence-corrected chi connectivity index (χ4v) is 5.70. The van der Waals surface area contributed by atoms with E-state index in [9.17, 15) is 4.79 Å². The largest absolute Gasteiger partial charge is 0.496 e. The molecule has 0 aliphatic carbocycles. The molecule has 0 saturated carbocycles. The molecule has 0 atom stereocenters. The first-order chi connectivity index (χ1) is 21.4. The van der Waals surface area contributed by atoms with Gasteiger partial charge in [-0.1, -0.05) is 48.0 Å². The smallest absolute Gasteiger partial charge is 0.282 e. The number of ether oxygens (including phenoxy) is 3. The molecule has 0 N–H and O–H groups in total. The second-order valence-electron chi connectivity index (χ2n) is 9.93. The van der Waals surface area contributed by atoms with Crippen molar-refractivity contribution in [1.82, 2.24) is 9.66 Å². The second kappa shape index (κ2) is 12.7. The molecule has 0 aliphatic heterocycles. The van der Waals surface area contributed by atoms with Crippen LogP contribution < -0.4 is 19.8 Å². The van der Waals surface area contributed by atoms with Gasteiger partial charge in [0.05, 0.1) is 40.7 Å². The Balaban J connectivity index is 1.44. The van der Waals surface area contributed by atoms with Gasteiger partial charge in [-0.3, -0.25) is 4.79 Å². The van der Waals surface area contributed by atoms with Gasteiger partial charge in [0.25, 0.3) is 5.56 Å². The van der Waals surface area contributed by atoms with Crippen molar-refractivity contribution in [2.75, 3.05) is 13.7 Å². The van der Waals surface area contributed by atoms with Crippen molar-refractivity contribution in [2.45, 2.75) is 20.5 Å². The van der Waals surface area contributed by atoms with Crippen molar-refractivity contribution in [1.29, 1.82) is 0 Å². The Labute approximate surface area is 270 Å². The summed E-state index contributed by atoms with van der Waals surface area (Å²) in [6.45, 7) is 4.74. The number of hydrogen-bond acceptors (Lipinski definition) is 7. The zero-order valence-electron chi connectivity index (χ0n) is 24.1. The Bertz CT molecular complexity index is 2080. The first-order valence-electron chi connectivity index (χ1n) is 13.8. The zero-order valence-corrected chi connectivity index (χ0v) is 27.3. The molecule has 6 aromatic rings. The van der Waals surface area contributed by atoms with Crippen LogP contribution in [0.4, 0.5) is 0 Å². The van der Waals surface area contributed by atoms with Crippen LogP contribution in [-0.4, -0.2) is 29.6 Å². The van der Waals surface area contributed by atoms with E-state index in [0.717, 1.165) is 10.9 Å². The summed E-state index contributed by atoms with van der Waals surface area (Å²) in [5.74, 6) is 2.36. The maximum atomic E-state index is 13.8. The number of rotatable bonds is 9. The van der Waals surface area contributed by atoms with E-state index in [-0.39, 0.29) is 11.4 Å². The minimum absolute atomic E-state index is 0.251. The minimum Gasteiger partial charge on any atom is -0.496 e. The third kappa shape index (κ3) is 5.75. The summed E-state index contributed by atoms with van der Waals surface area (Å²) >= 11 is 7.35. The third-order valence-corrected chi connectivity index (χ3v) is 9.13. The lowest BCUT2D eigenvalue weighted by molar-refractivity contribution is 0.267. The molecular weight excluding hydrogens is 690 g/mol. The van der Waals surface area contributed by atoms with E-state index in [2.05, 4.69) is 37.0 Å². The molecule has 0 bridgehead atoms. The van der Waals surface area contributed by atoms with Gasteiger partial charge < -0.3 is 18.6 Å². The molecule has 0 aliphatic rings. The molecule has 0 saturated heterocycles. The van der Waals surface area contributed by atoms with Gasteiger partial charge in [0.15, 0.2) is 17.3 Å². The van der Waals surface area contributed by atoms with Crippen LogP contribution in [0.25, 0.3) is 33.5 Å².